The van der Waals surface area contributed by atoms with Gasteiger partial charge in [0.25, 0.3) is 0 Å². The summed E-state index contributed by atoms with van der Waals surface area (Å²) >= 11 is 0. The zero-order chi connectivity index (χ0) is 14.8. The van der Waals surface area contributed by atoms with Gasteiger partial charge in [-0.15, -0.1) is 0 Å². The van der Waals surface area contributed by atoms with Gasteiger partial charge in [-0.2, -0.15) is 5.10 Å². The van der Waals surface area contributed by atoms with Crippen molar-refractivity contribution in [1.82, 2.24) is 0 Å². The molecule has 5 heteroatoms. The van der Waals surface area contributed by atoms with Crippen LogP contribution in [0.5, 0.6) is 0 Å². The van der Waals surface area contributed by atoms with E-state index in [-0.39, 0.29) is 24.2 Å². The number of hydrazone groups is 1. The Morgan fingerprint density at radius 1 is 1.29 bits per heavy atom. The molecule has 0 aromatic heterocycles. The van der Waals surface area contributed by atoms with E-state index >= 15 is 0 Å². The monoisotopic (exact) mass is 290 g/mol. The second-order valence-electron chi connectivity index (χ2n) is 5.60. The third-order valence-corrected chi connectivity index (χ3v) is 3.56. The number of carboxylic acid groups (broad SMARTS) is 1. The number of nitrogens with zero attached hydrogens (tertiary/aromatic N) is 1. The molecule has 114 valence electrons. The quantitative estimate of drug-likeness (QED) is 0.620. The maximum Gasteiger partial charge on any atom is 0.335 e. The number of benzene rings is 1. The summed E-state index contributed by atoms with van der Waals surface area (Å²) in [6, 6.07) is 6.25. The number of nitrogens with one attached hydrogen (secondary N) is 1. The van der Waals surface area contributed by atoms with Gasteiger partial charge in [0.05, 0.1) is 11.3 Å². The molecule has 0 spiro atoms. The Labute approximate surface area is 125 Å². The molecule has 1 aliphatic carbocycles. The predicted molar refractivity (Wildman–Crippen MR) is 83.8 cm³/mol. The van der Waals surface area contributed by atoms with Crippen molar-refractivity contribution in [3.8, 4) is 0 Å². The van der Waals surface area contributed by atoms with Crippen molar-refractivity contribution in [2.45, 2.75) is 40.5 Å². The van der Waals surface area contributed by atoms with Gasteiger partial charge >= 0.3 is 5.97 Å². The first kappa shape index (κ1) is 16.9. The number of carboxylic acids is 1. The summed E-state index contributed by atoms with van der Waals surface area (Å²) in [5.41, 5.74) is 4.45. The molecule has 5 nitrogen and oxygen atoms in total. The zero-order valence-corrected chi connectivity index (χ0v) is 11.6. The van der Waals surface area contributed by atoms with Crippen molar-refractivity contribution in [2.24, 2.45) is 10.5 Å². The Kier molecular flexibility index (Phi) is 5.24. The molecular formula is C16H22N2O3. The largest absolute Gasteiger partial charge is 0.478 e. The summed E-state index contributed by atoms with van der Waals surface area (Å²) in [6.07, 6.45) is 2.95. The van der Waals surface area contributed by atoms with Gasteiger partial charge in [-0.3, -0.25) is 10.2 Å². The molecule has 1 aromatic rings. The van der Waals surface area contributed by atoms with Gasteiger partial charge in [0.15, 0.2) is 5.78 Å². The molecule has 21 heavy (non-hydrogen) atoms. The topological polar surface area (TPSA) is 78.8 Å². The SMILES string of the molecule is C.CC(=O)/C(CC1(C)CC1)=N/Nc1ccc(C(=O)O)cc1. The fourth-order valence-corrected chi connectivity index (χ4v) is 1.86. The van der Waals surface area contributed by atoms with Crippen molar-refractivity contribution < 1.29 is 14.7 Å². The van der Waals surface area contributed by atoms with Gasteiger partial charge in [-0.25, -0.2) is 4.79 Å². The molecular weight excluding hydrogens is 268 g/mol. The molecule has 1 fully saturated rings. The van der Waals surface area contributed by atoms with Crippen LogP contribution in [0.4, 0.5) is 5.69 Å². The van der Waals surface area contributed by atoms with Crippen LogP contribution in [0.25, 0.3) is 0 Å². The first-order valence-electron chi connectivity index (χ1n) is 6.56. The van der Waals surface area contributed by atoms with E-state index in [1.807, 2.05) is 0 Å². The molecule has 0 bridgehead atoms. The number of carbonyl (C=O) groups excluding carboxylic acids is 1. The normalized spacial score (nSPS) is 15.8. The van der Waals surface area contributed by atoms with Crippen molar-refractivity contribution >= 4 is 23.2 Å². The summed E-state index contributed by atoms with van der Waals surface area (Å²) in [5, 5.41) is 13.0. The van der Waals surface area contributed by atoms with Crippen LogP contribution in [-0.2, 0) is 4.79 Å². The second kappa shape index (κ2) is 6.52. The van der Waals surface area contributed by atoms with Crippen molar-refractivity contribution in [1.29, 1.82) is 0 Å². The molecule has 0 unspecified atom stereocenters. The maximum absolute atomic E-state index is 11.6. The molecule has 1 saturated carbocycles. The number of aromatic carboxylic acids is 1. The fourth-order valence-electron chi connectivity index (χ4n) is 1.86. The van der Waals surface area contributed by atoms with Crippen LogP contribution in [0.3, 0.4) is 0 Å². The second-order valence-corrected chi connectivity index (χ2v) is 5.60. The third-order valence-electron chi connectivity index (χ3n) is 3.56. The third kappa shape index (κ3) is 4.70. The van der Waals surface area contributed by atoms with E-state index in [0.29, 0.717) is 17.8 Å². The molecule has 0 heterocycles. The van der Waals surface area contributed by atoms with E-state index in [0.717, 1.165) is 12.8 Å². The van der Waals surface area contributed by atoms with E-state index in [9.17, 15) is 9.59 Å². The van der Waals surface area contributed by atoms with Crippen molar-refractivity contribution in [3.05, 3.63) is 29.8 Å². The molecule has 1 aromatic carbocycles. The van der Waals surface area contributed by atoms with E-state index in [1.165, 1.54) is 19.1 Å². The summed E-state index contributed by atoms with van der Waals surface area (Å²) < 4.78 is 0. The Balaban J connectivity index is 0.00000220. The van der Waals surface area contributed by atoms with Crippen LogP contribution in [0.1, 0.15) is 50.9 Å². The van der Waals surface area contributed by atoms with Gasteiger partial charge in [0.1, 0.15) is 5.71 Å². The molecule has 2 rings (SSSR count). The van der Waals surface area contributed by atoms with Crippen LogP contribution in [-0.4, -0.2) is 22.6 Å². The Morgan fingerprint density at radius 2 is 1.86 bits per heavy atom. The van der Waals surface area contributed by atoms with Crippen molar-refractivity contribution in [2.75, 3.05) is 5.43 Å². The van der Waals surface area contributed by atoms with Gasteiger partial charge in [-0.1, -0.05) is 14.4 Å². The summed E-state index contributed by atoms with van der Waals surface area (Å²) in [5.74, 6) is -1.00. The molecule has 1 aliphatic rings. The zero-order valence-electron chi connectivity index (χ0n) is 11.6. The van der Waals surface area contributed by atoms with Crippen molar-refractivity contribution in [3.63, 3.8) is 0 Å². The number of rotatable bonds is 6. The number of carbonyl (C=O) groups is 2. The lowest BCUT2D eigenvalue weighted by Crippen LogP contribution is -2.16. The number of anilines is 1. The number of hydrogen-bond donors (Lipinski definition) is 2. The highest BCUT2D eigenvalue weighted by Gasteiger charge is 2.39. The highest BCUT2D eigenvalue weighted by Crippen LogP contribution is 2.48. The van der Waals surface area contributed by atoms with Gasteiger partial charge in [0, 0.05) is 13.3 Å². The highest BCUT2D eigenvalue weighted by molar-refractivity contribution is 6.39. The first-order chi connectivity index (χ1) is 9.39. The predicted octanol–water partition coefficient (Wildman–Crippen LogP) is 3.57. The Hall–Kier alpha value is -2.17. The minimum atomic E-state index is -0.967. The van der Waals surface area contributed by atoms with E-state index in [1.54, 1.807) is 12.1 Å². The first-order valence-corrected chi connectivity index (χ1v) is 6.56. The number of hydrogen-bond acceptors (Lipinski definition) is 4. The van der Waals surface area contributed by atoms with Crippen LogP contribution in [0.15, 0.2) is 29.4 Å². The maximum atomic E-state index is 11.6. The van der Waals surface area contributed by atoms with Crippen LogP contribution in [0.2, 0.25) is 0 Å². The Bertz CT molecular complexity index is 557. The molecule has 0 radical (unpaired) electrons. The standard InChI is InChI=1S/C15H18N2O3.CH4/c1-10(18)13(9-15(2)7-8-15)17-16-12-5-3-11(4-6-12)14(19)20;/h3-6,16H,7-9H2,1-2H3,(H,19,20);1H4/b17-13+;. The van der Waals surface area contributed by atoms with E-state index in [2.05, 4.69) is 17.5 Å². The van der Waals surface area contributed by atoms with Crippen LogP contribution in [0, 0.1) is 5.41 Å². The summed E-state index contributed by atoms with van der Waals surface area (Å²) in [4.78, 5) is 22.3. The highest BCUT2D eigenvalue weighted by atomic mass is 16.4. The number of Topliss-reactive ketones (excluding diaryl/α,β-unsaturated/α-hetero) is 1. The molecule has 0 atom stereocenters. The fraction of sp³-hybridized carbons (Fsp3) is 0.438. The van der Waals surface area contributed by atoms with Gasteiger partial charge in [0.2, 0.25) is 0 Å². The lowest BCUT2D eigenvalue weighted by Gasteiger charge is -2.09. The van der Waals surface area contributed by atoms with Crippen LogP contribution >= 0.6 is 0 Å². The lowest BCUT2D eigenvalue weighted by atomic mass is 10.00. The summed E-state index contributed by atoms with van der Waals surface area (Å²) in [7, 11) is 0. The van der Waals surface area contributed by atoms with Gasteiger partial charge < -0.3 is 5.11 Å². The average molecular weight is 290 g/mol. The molecule has 2 N–H and O–H groups in total. The van der Waals surface area contributed by atoms with Crippen LogP contribution < -0.4 is 5.43 Å². The smallest absolute Gasteiger partial charge is 0.335 e. The number of ketones is 1. The molecule has 0 aliphatic heterocycles. The lowest BCUT2D eigenvalue weighted by molar-refractivity contribution is -0.111. The molecule has 0 amide bonds. The minimum absolute atomic E-state index is 0. The summed E-state index contributed by atoms with van der Waals surface area (Å²) in [6.45, 7) is 3.66. The van der Waals surface area contributed by atoms with E-state index < -0.39 is 5.97 Å². The average Bonchev–Trinajstić information content (AvgIpc) is 3.12. The van der Waals surface area contributed by atoms with E-state index in [4.69, 9.17) is 5.11 Å². The Morgan fingerprint density at radius 3 is 2.29 bits per heavy atom. The minimum Gasteiger partial charge on any atom is -0.478 e. The molecule has 0 saturated heterocycles. The van der Waals surface area contributed by atoms with Gasteiger partial charge in [-0.05, 0) is 42.5 Å².